The fraction of sp³-hybridized carbons (Fsp3) is 0.500. The first-order valence-corrected chi connectivity index (χ1v) is 6.39. The third-order valence-corrected chi connectivity index (χ3v) is 2.56. The Morgan fingerprint density at radius 1 is 1.22 bits per heavy atom. The van der Waals surface area contributed by atoms with E-state index in [2.05, 4.69) is 17.6 Å². The van der Waals surface area contributed by atoms with Gasteiger partial charge in [-0.3, -0.25) is 4.79 Å². The fourth-order valence-electron chi connectivity index (χ4n) is 1.53. The Balaban J connectivity index is 2.37. The molecule has 1 amide bonds. The second kappa shape index (κ2) is 8.53. The van der Waals surface area contributed by atoms with Gasteiger partial charge in [0.2, 0.25) is 5.91 Å². The standard InChI is InChI=1S/C14H22N2O2/c1-3-4-5-14(17)16-13-8-6-12(7-9-13)15-10-11-18-2/h6-9,15H,3-5,10-11H2,1-2H3,(H,16,17). The predicted octanol–water partition coefficient (Wildman–Crippen LogP) is 2.87. The third kappa shape index (κ3) is 5.68. The maximum Gasteiger partial charge on any atom is 0.224 e. The molecule has 0 saturated carbocycles. The Bertz CT molecular complexity index is 349. The van der Waals surface area contributed by atoms with Crippen molar-refractivity contribution in [2.45, 2.75) is 26.2 Å². The van der Waals surface area contributed by atoms with Crippen molar-refractivity contribution in [2.24, 2.45) is 0 Å². The number of nitrogens with one attached hydrogen (secondary N) is 2. The molecule has 0 aliphatic heterocycles. The molecule has 0 aromatic heterocycles. The van der Waals surface area contributed by atoms with Crippen LogP contribution in [0, 0.1) is 0 Å². The van der Waals surface area contributed by atoms with Crippen LogP contribution in [-0.2, 0) is 9.53 Å². The number of carbonyl (C=O) groups excluding carboxylic acids is 1. The van der Waals surface area contributed by atoms with E-state index < -0.39 is 0 Å². The van der Waals surface area contributed by atoms with E-state index in [0.29, 0.717) is 13.0 Å². The molecule has 0 bridgehead atoms. The van der Waals surface area contributed by atoms with Crippen LogP contribution in [0.1, 0.15) is 26.2 Å². The van der Waals surface area contributed by atoms with Crippen LogP contribution in [0.25, 0.3) is 0 Å². The van der Waals surface area contributed by atoms with Gasteiger partial charge in [0.1, 0.15) is 0 Å². The van der Waals surface area contributed by atoms with Crippen molar-refractivity contribution in [2.75, 3.05) is 30.9 Å². The first kappa shape index (κ1) is 14.5. The number of hydrogen-bond acceptors (Lipinski definition) is 3. The van der Waals surface area contributed by atoms with Crippen molar-refractivity contribution in [3.8, 4) is 0 Å². The molecule has 1 aromatic rings. The van der Waals surface area contributed by atoms with Crippen molar-refractivity contribution in [3.63, 3.8) is 0 Å². The van der Waals surface area contributed by atoms with Gasteiger partial charge in [0.05, 0.1) is 6.61 Å². The van der Waals surface area contributed by atoms with E-state index in [9.17, 15) is 4.79 Å². The van der Waals surface area contributed by atoms with E-state index in [1.54, 1.807) is 7.11 Å². The predicted molar refractivity (Wildman–Crippen MR) is 75.0 cm³/mol. The van der Waals surface area contributed by atoms with Crippen molar-refractivity contribution in [1.29, 1.82) is 0 Å². The molecule has 0 heterocycles. The lowest BCUT2D eigenvalue weighted by Gasteiger charge is -2.08. The molecule has 0 atom stereocenters. The summed E-state index contributed by atoms with van der Waals surface area (Å²) in [5, 5.41) is 6.10. The second-order valence-electron chi connectivity index (χ2n) is 4.15. The molecule has 0 unspecified atom stereocenters. The highest BCUT2D eigenvalue weighted by atomic mass is 16.5. The van der Waals surface area contributed by atoms with Crippen LogP contribution in [-0.4, -0.2) is 26.2 Å². The minimum absolute atomic E-state index is 0.0805. The number of methoxy groups -OCH3 is 1. The summed E-state index contributed by atoms with van der Waals surface area (Å²) in [6, 6.07) is 7.70. The number of benzene rings is 1. The maximum atomic E-state index is 11.5. The molecule has 0 aliphatic rings. The SMILES string of the molecule is CCCCC(=O)Nc1ccc(NCCOC)cc1. The normalized spacial score (nSPS) is 10.1. The van der Waals surface area contributed by atoms with E-state index in [-0.39, 0.29) is 5.91 Å². The zero-order chi connectivity index (χ0) is 13.2. The van der Waals surface area contributed by atoms with E-state index >= 15 is 0 Å². The number of ether oxygens (including phenoxy) is 1. The number of carbonyl (C=O) groups is 1. The van der Waals surface area contributed by atoms with Gasteiger partial charge in [-0.1, -0.05) is 13.3 Å². The summed E-state index contributed by atoms with van der Waals surface area (Å²) < 4.78 is 4.96. The van der Waals surface area contributed by atoms with Crippen LogP contribution >= 0.6 is 0 Å². The maximum absolute atomic E-state index is 11.5. The quantitative estimate of drug-likeness (QED) is 0.697. The summed E-state index contributed by atoms with van der Waals surface area (Å²) in [7, 11) is 1.68. The summed E-state index contributed by atoms with van der Waals surface area (Å²) in [6.45, 7) is 3.53. The molecule has 1 rings (SSSR count). The Hall–Kier alpha value is -1.55. The monoisotopic (exact) mass is 250 g/mol. The van der Waals surface area contributed by atoms with Gasteiger partial charge in [-0.25, -0.2) is 0 Å². The summed E-state index contributed by atoms with van der Waals surface area (Å²) in [5.41, 5.74) is 1.87. The molecular weight excluding hydrogens is 228 g/mol. The number of hydrogen-bond donors (Lipinski definition) is 2. The van der Waals surface area contributed by atoms with Gasteiger partial charge in [-0.15, -0.1) is 0 Å². The minimum atomic E-state index is 0.0805. The zero-order valence-corrected chi connectivity index (χ0v) is 11.2. The number of unbranched alkanes of at least 4 members (excludes halogenated alkanes) is 1. The van der Waals surface area contributed by atoms with Crippen molar-refractivity contribution in [3.05, 3.63) is 24.3 Å². The summed E-state index contributed by atoms with van der Waals surface area (Å²) in [6.07, 6.45) is 2.56. The van der Waals surface area contributed by atoms with Crippen LogP contribution in [0.15, 0.2) is 24.3 Å². The summed E-state index contributed by atoms with van der Waals surface area (Å²) >= 11 is 0. The van der Waals surface area contributed by atoms with E-state index in [0.717, 1.165) is 30.8 Å². The molecule has 100 valence electrons. The van der Waals surface area contributed by atoms with Gasteiger partial charge < -0.3 is 15.4 Å². The molecule has 1 aromatic carbocycles. The number of amides is 1. The molecule has 0 radical (unpaired) electrons. The molecule has 4 nitrogen and oxygen atoms in total. The van der Waals surface area contributed by atoms with E-state index in [1.807, 2.05) is 24.3 Å². The Morgan fingerprint density at radius 2 is 1.89 bits per heavy atom. The summed E-state index contributed by atoms with van der Waals surface area (Å²) in [5.74, 6) is 0.0805. The highest BCUT2D eigenvalue weighted by Gasteiger charge is 2.01. The molecule has 0 spiro atoms. The lowest BCUT2D eigenvalue weighted by atomic mass is 10.2. The van der Waals surface area contributed by atoms with Crippen LogP contribution in [0.2, 0.25) is 0 Å². The van der Waals surface area contributed by atoms with Crippen LogP contribution in [0.3, 0.4) is 0 Å². The Morgan fingerprint density at radius 3 is 2.50 bits per heavy atom. The average molecular weight is 250 g/mol. The Labute approximate surface area is 109 Å². The van der Waals surface area contributed by atoms with Crippen LogP contribution < -0.4 is 10.6 Å². The third-order valence-electron chi connectivity index (χ3n) is 2.56. The second-order valence-corrected chi connectivity index (χ2v) is 4.15. The molecule has 2 N–H and O–H groups in total. The minimum Gasteiger partial charge on any atom is -0.383 e. The lowest BCUT2D eigenvalue weighted by molar-refractivity contribution is -0.116. The number of rotatable bonds is 8. The lowest BCUT2D eigenvalue weighted by Crippen LogP contribution is -2.11. The van der Waals surface area contributed by atoms with Gasteiger partial charge >= 0.3 is 0 Å². The molecule has 4 heteroatoms. The van der Waals surface area contributed by atoms with E-state index in [1.165, 1.54) is 0 Å². The Kier molecular flexibility index (Phi) is 6.87. The molecule has 0 saturated heterocycles. The molecule has 18 heavy (non-hydrogen) atoms. The first-order valence-electron chi connectivity index (χ1n) is 6.39. The van der Waals surface area contributed by atoms with Gasteiger partial charge in [0.15, 0.2) is 0 Å². The summed E-state index contributed by atoms with van der Waals surface area (Å²) in [4.78, 5) is 11.5. The smallest absolute Gasteiger partial charge is 0.224 e. The van der Waals surface area contributed by atoms with Gasteiger partial charge in [-0.05, 0) is 30.7 Å². The van der Waals surface area contributed by atoms with E-state index in [4.69, 9.17) is 4.74 Å². The van der Waals surface area contributed by atoms with Crippen molar-refractivity contribution >= 4 is 17.3 Å². The molecular formula is C14H22N2O2. The highest BCUT2D eigenvalue weighted by molar-refractivity contribution is 5.90. The topological polar surface area (TPSA) is 50.4 Å². The highest BCUT2D eigenvalue weighted by Crippen LogP contribution is 2.13. The van der Waals surface area contributed by atoms with Gasteiger partial charge in [0.25, 0.3) is 0 Å². The zero-order valence-electron chi connectivity index (χ0n) is 11.2. The largest absolute Gasteiger partial charge is 0.383 e. The fourth-order valence-corrected chi connectivity index (χ4v) is 1.53. The van der Waals surface area contributed by atoms with Gasteiger partial charge in [-0.2, -0.15) is 0 Å². The van der Waals surface area contributed by atoms with Gasteiger partial charge in [0, 0.05) is 31.5 Å². The van der Waals surface area contributed by atoms with Crippen LogP contribution in [0.5, 0.6) is 0 Å². The van der Waals surface area contributed by atoms with Crippen LogP contribution in [0.4, 0.5) is 11.4 Å². The molecule has 0 fully saturated rings. The average Bonchev–Trinajstić information content (AvgIpc) is 2.39. The first-order chi connectivity index (χ1) is 8.76. The number of anilines is 2. The molecule has 0 aliphatic carbocycles. The van der Waals surface area contributed by atoms with Crippen molar-refractivity contribution < 1.29 is 9.53 Å². The van der Waals surface area contributed by atoms with Crippen molar-refractivity contribution in [1.82, 2.24) is 0 Å².